The Labute approximate surface area is 245 Å². The molecule has 8 nitrogen and oxygen atoms in total. The first-order chi connectivity index (χ1) is 19.6. The maximum atomic E-state index is 13.5. The molecule has 0 aromatic heterocycles. The number of anilines is 1. The van der Waals surface area contributed by atoms with E-state index in [-0.39, 0.29) is 35.2 Å². The molecule has 2 aromatic carbocycles. The van der Waals surface area contributed by atoms with Gasteiger partial charge in [-0.25, -0.2) is 9.18 Å². The van der Waals surface area contributed by atoms with E-state index in [0.717, 1.165) is 11.6 Å². The van der Waals surface area contributed by atoms with Crippen LogP contribution in [0.3, 0.4) is 0 Å². The lowest BCUT2D eigenvalue weighted by Crippen LogP contribution is -2.70. The molecule has 42 heavy (non-hydrogen) atoms. The number of nitrogens with one attached hydrogen (secondary N) is 1. The Morgan fingerprint density at radius 3 is 2.19 bits per heavy atom. The number of alkyl halides is 3. The summed E-state index contributed by atoms with van der Waals surface area (Å²) in [6.07, 6.45) is -3.05. The van der Waals surface area contributed by atoms with Crippen LogP contribution in [0.4, 0.5) is 28.0 Å². The third-order valence-corrected chi connectivity index (χ3v) is 6.97. The van der Waals surface area contributed by atoms with Gasteiger partial charge in [-0.3, -0.25) is 14.5 Å². The molecule has 3 amide bonds. The van der Waals surface area contributed by atoms with Crippen molar-refractivity contribution in [3.05, 3.63) is 70.5 Å². The van der Waals surface area contributed by atoms with E-state index >= 15 is 0 Å². The van der Waals surface area contributed by atoms with Crippen molar-refractivity contribution in [2.75, 3.05) is 31.5 Å². The number of piperazine rings is 2. The van der Waals surface area contributed by atoms with Gasteiger partial charge < -0.3 is 19.9 Å². The number of rotatable bonds is 5. The summed E-state index contributed by atoms with van der Waals surface area (Å²) in [4.78, 5) is 43.3. The second kappa shape index (κ2) is 12.3. The third kappa shape index (κ3) is 8.01. The van der Waals surface area contributed by atoms with Gasteiger partial charge in [0.25, 0.3) is 0 Å². The molecule has 226 valence electrons. The Hall–Kier alpha value is -3.64. The summed E-state index contributed by atoms with van der Waals surface area (Å²) in [5.74, 6) is -2.91. The molecule has 13 heteroatoms. The zero-order valence-electron chi connectivity index (χ0n) is 23.3. The van der Waals surface area contributed by atoms with Crippen LogP contribution in [0, 0.1) is 5.82 Å². The summed E-state index contributed by atoms with van der Waals surface area (Å²) in [5, 5.41) is 1.89. The van der Waals surface area contributed by atoms with E-state index in [1.807, 2.05) is 0 Å². The highest BCUT2D eigenvalue weighted by Crippen LogP contribution is 2.28. The fourth-order valence-electron chi connectivity index (χ4n) is 5.05. The van der Waals surface area contributed by atoms with E-state index in [1.54, 1.807) is 48.0 Å². The Bertz CT molecular complexity index is 1340. The largest absolute Gasteiger partial charge is 0.471 e. The van der Waals surface area contributed by atoms with Gasteiger partial charge in [-0.05, 0) is 62.2 Å². The Kier molecular flexibility index (Phi) is 9.17. The van der Waals surface area contributed by atoms with E-state index in [4.69, 9.17) is 16.3 Å². The van der Waals surface area contributed by atoms with E-state index < -0.39 is 41.8 Å². The molecule has 0 aliphatic carbocycles. The minimum atomic E-state index is -5.11. The van der Waals surface area contributed by atoms with E-state index in [0.29, 0.717) is 19.6 Å². The summed E-state index contributed by atoms with van der Waals surface area (Å²) in [7, 11) is 0. The van der Waals surface area contributed by atoms with Crippen molar-refractivity contribution in [3.63, 3.8) is 0 Å². The second-order valence-corrected chi connectivity index (χ2v) is 11.7. The average Bonchev–Trinajstić information content (AvgIpc) is 2.87. The average molecular weight is 611 g/mol. The molecule has 2 saturated heterocycles. The van der Waals surface area contributed by atoms with Crippen molar-refractivity contribution in [1.82, 2.24) is 14.7 Å². The number of carbonyl (C=O) groups excluding carboxylic acids is 3. The van der Waals surface area contributed by atoms with Crippen molar-refractivity contribution in [3.8, 4) is 0 Å². The van der Waals surface area contributed by atoms with Gasteiger partial charge in [-0.15, -0.1) is 0 Å². The van der Waals surface area contributed by atoms with Gasteiger partial charge in [0.1, 0.15) is 11.4 Å². The topological polar surface area (TPSA) is 82.2 Å². The van der Waals surface area contributed by atoms with Crippen molar-refractivity contribution in [2.45, 2.75) is 51.2 Å². The molecule has 0 radical (unpaired) electrons. The van der Waals surface area contributed by atoms with Crippen LogP contribution in [-0.4, -0.2) is 82.6 Å². The van der Waals surface area contributed by atoms with Crippen molar-refractivity contribution in [1.29, 1.82) is 0 Å². The molecule has 2 aliphatic heterocycles. The van der Waals surface area contributed by atoms with Crippen LogP contribution in [-0.2, 0) is 20.9 Å². The molecular formula is C29H31ClF4N4O4. The minimum Gasteiger partial charge on any atom is -0.444 e. The number of fused-ring (bicyclic) bond motifs is 2. The van der Waals surface area contributed by atoms with Gasteiger partial charge in [-0.2, -0.15) is 13.2 Å². The fraction of sp³-hybridized carbons (Fsp3) is 0.414. The predicted octanol–water partition coefficient (Wildman–Crippen LogP) is 5.33. The molecule has 0 saturated carbocycles. The molecule has 2 aromatic rings. The Morgan fingerprint density at radius 2 is 1.62 bits per heavy atom. The maximum absolute atomic E-state index is 13.5. The number of halogens is 5. The number of amides is 3. The first kappa shape index (κ1) is 31.3. The lowest BCUT2D eigenvalue weighted by molar-refractivity contribution is -0.167. The zero-order valence-corrected chi connectivity index (χ0v) is 24.0. The Morgan fingerprint density at radius 1 is 1.00 bits per heavy atom. The van der Waals surface area contributed by atoms with Crippen molar-refractivity contribution >= 4 is 41.3 Å². The van der Waals surface area contributed by atoms with Gasteiger partial charge in [0.05, 0.1) is 12.1 Å². The summed E-state index contributed by atoms with van der Waals surface area (Å²) >= 11 is 5.92. The van der Waals surface area contributed by atoms with Crippen molar-refractivity contribution in [2.24, 2.45) is 0 Å². The molecule has 2 bridgehead atoms. The van der Waals surface area contributed by atoms with Gasteiger partial charge in [0.15, 0.2) is 0 Å². The van der Waals surface area contributed by atoms with Crippen molar-refractivity contribution < 1.29 is 36.7 Å². The molecule has 0 spiro atoms. The molecule has 2 unspecified atom stereocenters. The number of hydrogen-bond acceptors (Lipinski definition) is 5. The normalized spacial score (nSPS) is 19.6. The second-order valence-electron chi connectivity index (χ2n) is 11.3. The van der Waals surface area contributed by atoms with Gasteiger partial charge in [-0.1, -0.05) is 29.8 Å². The smallest absolute Gasteiger partial charge is 0.444 e. The SMILES string of the molecule is CC(C)(C)OC(=O)N1CC2CN(Cc3ccc(F)cc3)CC(C1)N2C(=O)/C=C/c1ccc(Cl)cc1NC(=O)C(F)(F)F. The lowest BCUT2D eigenvalue weighted by Gasteiger charge is -2.52. The van der Waals surface area contributed by atoms with Crippen LogP contribution in [0.1, 0.15) is 31.9 Å². The van der Waals surface area contributed by atoms with E-state index in [2.05, 4.69) is 4.90 Å². The van der Waals surface area contributed by atoms with E-state index in [9.17, 15) is 31.9 Å². The molecule has 2 fully saturated rings. The predicted molar refractivity (Wildman–Crippen MR) is 149 cm³/mol. The first-order valence-corrected chi connectivity index (χ1v) is 13.6. The molecule has 2 aliphatic rings. The third-order valence-electron chi connectivity index (χ3n) is 6.74. The van der Waals surface area contributed by atoms with Crippen LogP contribution in [0.5, 0.6) is 0 Å². The van der Waals surface area contributed by atoms with Crippen LogP contribution >= 0.6 is 11.6 Å². The number of nitrogens with zero attached hydrogens (tertiary/aromatic N) is 3. The zero-order chi connectivity index (χ0) is 30.8. The molecule has 2 heterocycles. The van der Waals surface area contributed by atoms with Gasteiger partial charge in [0.2, 0.25) is 5.91 Å². The summed E-state index contributed by atoms with van der Waals surface area (Å²) < 4.78 is 57.5. The van der Waals surface area contributed by atoms with Crippen LogP contribution in [0.25, 0.3) is 6.08 Å². The van der Waals surface area contributed by atoms with E-state index in [1.165, 1.54) is 36.4 Å². The first-order valence-electron chi connectivity index (χ1n) is 13.2. The number of ether oxygens (including phenoxy) is 1. The molecular weight excluding hydrogens is 580 g/mol. The summed E-state index contributed by atoms with van der Waals surface area (Å²) in [5.41, 5.74) is 0.151. The number of carbonyl (C=O) groups is 3. The van der Waals surface area contributed by atoms with Crippen LogP contribution in [0.2, 0.25) is 5.02 Å². The standard InChI is InChI=1S/C29H31ClF4N4O4/c1-28(2,3)42-27(41)37-16-22-14-36(13-18-4-9-21(31)10-5-18)15-23(17-37)38(22)25(39)11-7-19-6-8-20(30)12-24(19)35-26(40)29(32,33)34/h4-12,22-23H,13-17H2,1-3H3,(H,35,40)/b11-7+. The highest BCUT2D eigenvalue weighted by Gasteiger charge is 2.44. The van der Waals surface area contributed by atoms with Gasteiger partial charge in [0, 0.05) is 49.5 Å². The highest BCUT2D eigenvalue weighted by atomic mass is 35.5. The molecule has 1 N–H and O–H groups in total. The summed E-state index contributed by atoms with van der Waals surface area (Å²) in [6, 6.07) is 9.30. The van der Waals surface area contributed by atoms with Gasteiger partial charge >= 0.3 is 18.2 Å². The van der Waals surface area contributed by atoms with Crippen LogP contribution in [0.15, 0.2) is 48.5 Å². The summed E-state index contributed by atoms with van der Waals surface area (Å²) in [6.45, 7) is 7.07. The quantitative estimate of drug-likeness (QED) is 0.366. The highest BCUT2D eigenvalue weighted by molar-refractivity contribution is 6.31. The maximum Gasteiger partial charge on any atom is 0.471 e. The fourth-order valence-corrected chi connectivity index (χ4v) is 5.23. The number of hydrogen-bond donors (Lipinski definition) is 1. The molecule has 2 atom stereocenters. The lowest BCUT2D eigenvalue weighted by atomic mass is 9.99. The number of benzene rings is 2. The monoisotopic (exact) mass is 610 g/mol. The minimum absolute atomic E-state index is 0.102. The van der Waals surface area contributed by atoms with Crippen LogP contribution < -0.4 is 5.32 Å². The molecule has 4 rings (SSSR count). The Balaban J connectivity index is 1.54.